The van der Waals surface area contributed by atoms with Gasteiger partial charge in [-0.3, -0.25) is 0 Å². The van der Waals surface area contributed by atoms with Gasteiger partial charge in [-0.05, 0) is 84.7 Å². The molecule has 0 heterocycles. The van der Waals surface area contributed by atoms with Crippen LogP contribution < -0.4 is 0 Å². The van der Waals surface area contributed by atoms with Gasteiger partial charge in [0.15, 0.2) is 0 Å². The van der Waals surface area contributed by atoms with E-state index >= 15 is 0 Å². The number of hydrogen-bond donors (Lipinski definition) is 0. The lowest BCUT2D eigenvalue weighted by molar-refractivity contribution is 0.109. The highest BCUT2D eigenvalue weighted by molar-refractivity contribution is 5.49. The van der Waals surface area contributed by atoms with E-state index in [9.17, 15) is 0 Å². The van der Waals surface area contributed by atoms with Gasteiger partial charge in [0, 0.05) is 12.3 Å². The minimum Gasteiger partial charge on any atom is -0.103 e. The Hall–Kier alpha value is -0.960. The van der Waals surface area contributed by atoms with Gasteiger partial charge in [-0.2, -0.15) is 0 Å². The molecule has 4 rings (SSSR count). The number of fused-ring (bicyclic) bond motifs is 4. The van der Waals surface area contributed by atoms with E-state index in [1.807, 2.05) is 11.1 Å². The number of allylic oxidation sites excluding steroid dienone is 4. The summed E-state index contributed by atoms with van der Waals surface area (Å²) in [6.45, 7) is 12.1. The highest BCUT2D eigenvalue weighted by atomic mass is 14.6. The topological polar surface area (TPSA) is 0 Å². The molecule has 1 unspecified atom stereocenters. The highest BCUT2D eigenvalue weighted by Gasteiger charge is 2.52. The first-order valence-electron chi connectivity index (χ1n) is 11.8. The molecule has 0 N–H and O–H groups in total. The third kappa shape index (κ3) is 3.14. The second-order valence-electron chi connectivity index (χ2n) is 10.9. The van der Waals surface area contributed by atoms with E-state index in [0.717, 1.165) is 18.3 Å². The van der Waals surface area contributed by atoms with E-state index in [1.54, 1.807) is 5.57 Å². The second-order valence-corrected chi connectivity index (χ2v) is 10.9. The fraction of sp³-hybridized carbons (Fsp3) is 0.778. The van der Waals surface area contributed by atoms with Gasteiger partial charge in [0.05, 0.1) is 0 Å². The zero-order chi connectivity index (χ0) is 19.2. The molecule has 0 amide bonds. The van der Waals surface area contributed by atoms with Gasteiger partial charge in [-0.1, -0.05) is 59.1 Å². The normalized spacial score (nSPS) is 39.1. The van der Waals surface area contributed by atoms with Crippen molar-refractivity contribution in [2.75, 3.05) is 0 Å². The standard InChI is InChI=1S/C27H40/c1-19(2)9-8-10-20(3)23-14-15-24-22-13-12-21-11-6-7-17-26(21,4)25(22)16-18-27(23,24)5/h15,19-21,23H,6-7,10-14,16-18H2,1-5H3/t20-,21?,23-,26+,27-/m1/s1. The molecule has 0 nitrogen and oxygen atoms in total. The van der Waals surface area contributed by atoms with Crippen LogP contribution in [0.5, 0.6) is 0 Å². The minimum atomic E-state index is 0.412. The molecule has 0 saturated heterocycles. The fourth-order valence-corrected chi connectivity index (χ4v) is 7.35. The van der Waals surface area contributed by atoms with Crippen LogP contribution in [0, 0.1) is 46.3 Å². The van der Waals surface area contributed by atoms with Crippen LogP contribution in [0.3, 0.4) is 0 Å². The maximum atomic E-state index is 3.49. The minimum absolute atomic E-state index is 0.412. The van der Waals surface area contributed by atoms with Crippen LogP contribution in [-0.4, -0.2) is 0 Å². The van der Waals surface area contributed by atoms with E-state index in [-0.39, 0.29) is 0 Å². The van der Waals surface area contributed by atoms with Crippen LogP contribution >= 0.6 is 0 Å². The second kappa shape index (κ2) is 7.13. The molecule has 4 aliphatic rings. The summed E-state index contributed by atoms with van der Waals surface area (Å²) < 4.78 is 0. The number of rotatable bonds is 2. The summed E-state index contributed by atoms with van der Waals surface area (Å²) in [5.41, 5.74) is 6.45. The van der Waals surface area contributed by atoms with Crippen LogP contribution in [0.15, 0.2) is 22.8 Å². The molecule has 1 fully saturated rings. The van der Waals surface area contributed by atoms with Crippen LogP contribution in [-0.2, 0) is 0 Å². The van der Waals surface area contributed by atoms with E-state index in [0.29, 0.717) is 22.7 Å². The third-order valence-corrected chi connectivity index (χ3v) is 8.93. The molecule has 148 valence electrons. The van der Waals surface area contributed by atoms with Crippen molar-refractivity contribution in [2.24, 2.45) is 34.5 Å². The van der Waals surface area contributed by atoms with Crippen molar-refractivity contribution < 1.29 is 0 Å². The van der Waals surface area contributed by atoms with E-state index in [4.69, 9.17) is 0 Å². The Balaban J connectivity index is 1.59. The molecule has 27 heavy (non-hydrogen) atoms. The van der Waals surface area contributed by atoms with Gasteiger partial charge in [0.25, 0.3) is 0 Å². The first-order chi connectivity index (χ1) is 12.9. The summed E-state index contributed by atoms with van der Waals surface area (Å²) in [7, 11) is 0. The average molecular weight is 365 g/mol. The van der Waals surface area contributed by atoms with Crippen molar-refractivity contribution in [1.29, 1.82) is 0 Å². The molecule has 4 aliphatic carbocycles. The molecule has 0 bridgehead atoms. The average Bonchev–Trinajstić information content (AvgIpc) is 2.98. The van der Waals surface area contributed by atoms with Crippen molar-refractivity contribution in [3.63, 3.8) is 0 Å². The van der Waals surface area contributed by atoms with Crippen LogP contribution in [0.25, 0.3) is 0 Å². The largest absolute Gasteiger partial charge is 0.103 e. The summed E-state index contributed by atoms with van der Waals surface area (Å²) >= 11 is 0. The molecule has 0 heteroatoms. The van der Waals surface area contributed by atoms with Crippen molar-refractivity contribution >= 4 is 0 Å². The summed E-state index contributed by atoms with van der Waals surface area (Å²) in [5.74, 6) is 9.85. The van der Waals surface area contributed by atoms with Gasteiger partial charge in [0.2, 0.25) is 0 Å². The van der Waals surface area contributed by atoms with Crippen molar-refractivity contribution in [2.45, 2.75) is 98.8 Å². The van der Waals surface area contributed by atoms with E-state index in [2.05, 4.69) is 52.5 Å². The van der Waals surface area contributed by atoms with Gasteiger partial charge >= 0.3 is 0 Å². The zero-order valence-electron chi connectivity index (χ0n) is 18.5. The van der Waals surface area contributed by atoms with Gasteiger partial charge < -0.3 is 0 Å². The Bertz CT molecular complexity index is 708. The Kier molecular flexibility index (Phi) is 5.12. The van der Waals surface area contributed by atoms with Gasteiger partial charge in [-0.25, -0.2) is 0 Å². The highest BCUT2D eigenvalue weighted by Crippen LogP contribution is 2.64. The van der Waals surface area contributed by atoms with E-state index < -0.39 is 0 Å². The molecular formula is C27H40. The Morgan fingerprint density at radius 3 is 2.63 bits per heavy atom. The molecule has 0 aromatic carbocycles. The first kappa shape index (κ1) is 19.4. The summed E-state index contributed by atoms with van der Waals surface area (Å²) in [6.07, 6.45) is 16.5. The zero-order valence-corrected chi connectivity index (χ0v) is 18.5. The third-order valence-electron chi connectivity index (χ3n) is 8.93. The predicted octanol–water partition coefficient (Wildman–Crippen LogP) is 7.71. The summed E-state index contributed by atoms with van der Waals surface area (Å²) in [5, 5.41) is 0. The monoisotopic (exact) mass is 364 g/mol. The molecule has 0 aromatic heterocycles. The van der Waals surface area contributed by atoms with Gasteiger partial charge in [-0.15, -0.1) is 11.8 Å². The van der Waals surface area contributed by atoms with Crippen molar-refractivity contribution in [1.82, 2.24) is 0 Å². The quantitative estimate of drug-likeness (QED) is 0.440. The molecule has 0 aliphatic heterocycles. The molecule has 0 aromatic rings. The summed E-state index contributed by atoms with van der Waals surface area (Å²) in [4.78, 5) is 0. The van der Waals surface area contributed by atoms with Crippen molar-refractivity contribution in [3.05, 3.63) is 22.8 Å². The Morgan fingerprint density at radius 2 is 1.85 bits per heavy atom. The van der Waals surface area contributed by atoms with Crippen LogP contribution in [0.1, 0.15) is 98.8 Å². The Morgan fingerprint density at radius 1 is 1.04 bits per heavy atom. The lowest BCUT2D eigenvalue weighted by atomic mass is 9.52. The van der Waals surface area contributed by atoms with E-state index in [1.165, 1.54) is 57.8 Å². The molecule has 0 spiro atoms. The Labute approximate surface area is 168 Å². The molecule has 1 saturated carbocycles. The molecule has 5 atom stereocenters. The molecular weight excluding hydrogens is 324 g/mol. The van der Waals surface area contributed by atoms with Crippen molar-refractivity contribution in [3.8, 4) is 11.8 Å². The fourth-order valence-electron chi connectivity index (χ4n) is 7.35. The van der Waals surface area contributed by atoms with Crippen LogP contribution in [0.2, 0.25) is 0 Å². The first-order valence-corrected chi connectivity index (χ1v) is 11.8. The van der Waals surface area contributed by atoms with Crippen LogP contribution in [0.4, 0.5) is 0 Å². The SMILES string of the molecule is CC(C)C#CC[C@@H](C)[C@H]1CC=C2C3=C(CC[C@@]21C)[C@@]1(C)CCCCC1CC3. The smallest absolute Gasteiger partial charge is 0.0146 e. The predicted molar refractivity (Wildman–Crippen MR) is 116 cm³/mol. The molecule has 0 radical (unpaired) electrons. The lowest BCUT2D eigenvalue weighted by Crippen LogP contribution is -2.41. The maximum Gasteiger partial charge on any atom is 0.0146 e. The summed E-state index contributed by atoms with van der Waals surface area (Å²) in [6, 6.07) is 0. The lowest BCUT2D eigenvalue weighted by Gasteiger charge is -2.53. The number of hydrogen-bond acceptors (Lipinski definition) is 0. The maximum absolute atomic E-state index is 3.49. The van der Waals surface area contributed by atoms with Gasteiger partial charge in [0.1, 0.15) is 0 Å².